The van der Waals surface area contributed by atoms with Crippen LogP contribution < -0.4 is 5.32 Å². The van der Waals surface area contributed by atoms with Gasteiger partial charge in [-0.3, -0.25) is 9.36 Å². The highest BCUT2D eigenvalue weighted by Crippen LogP contribution is 2.30. The van der Waals surface area contributed by atoms with Crippen LogP contribution in [0.3, 0.4) is 0 Å². The van der Waals surface area contributed by atoms with Crippen molar-refractivity contribution in [3.8, 4) is 17.1 Å². The van der Waals surface area contributed by atoms with Crippen LogP contribution in [-0.2, 0) is 10.2 Å². The summed E-state index contributed by atoms with van der Waals surface area (Å²) in [4.78, 5) is 12.7. The Kier molecular flexibility index (Phi) is 7.10. The molecule has 1 heterocycles. The van der Waals surface area contributed by atoms with Gasteiger partial charge in [-0.2, -0.15) is 0 Å². The van der Waals surface area contributed by atoms with Crippen molar-refractivity contribution < 1.29 is 4.79 Å². The lowest BCUT2D eigenvalue weighted by atomic mass is 9.87. The van der Waals surface area contributed by atoms with E-state index in [-0.39, 0.29) is 17.1 Å². The maximum Gasteiger partial charge on any atom is 0.234 e. The molecule has 0 atom stereocenters. The molecule has 34 heavy (non-hydrogen) atoms. The first-order chi connectivity index (χ1) is 16.2. The van der Waals surface area contributed by atoms with Gasteiger partial charge >= 0.3 is 0 Å². The normalized spacial score (nSPS) is 11.4. The fourth-order valence-electron chi connectivity index (χ4n) is 3.56. The summed E-state index contributed by atoms with van der Waals surface area (Å²) >= 11 is 7.43. The van der Waals surface area contributed by atoms with Crippen LogP contribution in [0.25, 0.3) is 17.1 Å². The molecule has 5 nitrogen and oxygen atoms in total. The fraction of sp³-hybridized carbons (Fsp3) is 0.222. The minimum Gasteiger partial charge on any atom is -0.325 e. The molecule has 0 saturated carbocycles. The summed E-state index contributed by atoms with van der Waals surface area (Å²) in [6.07, 6.45) is 0. The number of para-hydroxylation sites is 1. The molecule has 0 aliphatic heterocycles. The standard InChI is InChI=1S/C27H27ClN4OS/c1-18-7-5-6-8-23(18)32-25(19-9-13-21(28)14-10-19)30-31-26(32)34-17-24(33)29-22-15-11-20(12-16-22)27(2,3)4/h5-16H,17H2,1-4H3,(H,29,33). The number of nitrogens with one attached hydrogen (secondary N) is 1. The molecule has 0 aliphatic rings. The number of amides is 1. The average molecular weight is 491 g/mol. The van der Waals surface area contributed by atoms with E-state index in [2.05, 4.69) is 48.4 Å². The SMILES string of the molecule is Cc1ccccc1-n1c(SCC(=O)Nc2ccc(C(C)(C)C)cc2)nnc1-c1ccc(Cl)cc1. The Balaban J connectivity index is 1.55. The van der Waals surface area contributed by atoms with Crippen molar-refractivity contribution >= 4 is 35.0 Å². The van der Waals surface area contributed by atoms with Crippen molar-refractivity contribution in [1.29, 1.82) is 0 Å². The smallest absolute Gasteiger partial charge is 0.234 e. The van der Waals surface area contributed by atoms with E-state index in [4.69, 9.17) is 11.6 Å². The molecule has 0 fully saturated rings. The van der Waals surface area contributed by atoms with E-state index < -0.39 is 0 Å². The number of anilines is 1. The number of halogens is 1. The monoisotopic (exact) mass is 490 g/mol. The molecule has 7 heteroatoms. The number of rotatable bonds is 6. The number of nitrogens with zero attached hydrogens (tertiary/aromatic N) is 3. The number of aromatic nitrogens is 3. The first-order valence-corrected chi connectivity index (χ1v) is 12.4. The van der Waals surface area contributed by atoms with Crippen molar-refractivity contribution in [3.05, 3.63) is 88.9 Å². The lowest BCUT2D eigenvalue weighted by Gasteiger charge is -2.19. The number of thioether (sulfide) groups is 1. The zero-order valence-electron chi connectivity index (χ0n) is 19.7. The van der Waals surface area contributed by atoms with Gasteiger partial charge in [-0.15, -0.1) is 10.2 Å². The summed E-state index contributed by atoms with van der Waals surface area (Å²) in [7, 11) is 0. The Bertz CT molecular complexity index is 1290. The second-order valence-corrected chi connectivity index (χ2v) is 10.5. The number of carbonyl (C=O) groups is 1. The van der Waals surface area contributed by atoms with E-state index in [1.165, 1.54) is 17.3 Å². The van der Waals surface area contributed by atoms with Crippen molar-refractivity contribution in [3.63, 3.8) is 0 Å². The molecule has 1 N–H and O–H groups in total. The largest absolute Gasteiger partial charge is 0.325 e. The molecule has 0 saturated heterocycles. The van der Waals surface area contributed by atoms with Gasteiger partial charge in [-0.05, 0) is 65.9 Å². The molecule has 4 rings (SSSR count). The lowest BCUT2D eigenvalue weighted by Crippen LogP contribution is -2.15. The lowest BCUT2D eigenvalue weighted by molar-refractivity contribution is -0.113. The average Bonchev–Trinajstić information content (AvgIpc) is 3.22. The second kappa shape index (κ2) is 10.0. The topological polar surface area (TPSA) is 59.8 Å². The molecule has 0 bridgehead atoms. The van der Waals surface area contributed by atoms with Gasteiger partial charge in [0, 0.05) is 16.3 Å². The van der Waals surface area contributed by atoms with Crippen molar-refractivity contribution in [2.24, 2.45) is 0 Å². The third kappa shape index (κ3) is 5.51. The minimum absolute atomic E-state index is 0.0693. The number of hydrogen-bond acceptors (Lipinski definition) is 4. The summed E-state index contributed by atoms with van der Waals surface area (Å²) in [5.41, 5.74) is 5.03. The van der Waals surface area contributed by atoms with E-state index in [9.17, 15) is 4.79 Å². The van der Waals surface area contributed by atoms with E-state index >= 15 is 0 Å². The Morgan fingerprint density at radius 3 is 2.29 bits per heavy atom. The van der Waals surface area contributed by atoms with Crippen molar-refractivity contribution in [2.75, 3.05) is 11.1 Å². The van der Waals surface area contributed by atoms with Gasteiger partial charge in [-0.1, -0.05) is 74.5 Å². The number of aryl methyl sites for hydroxylation is 1. The summed E-state index contributed by atoms with van der Waals surface area (Å²) < 4.78 is 1.99. The summed E-state index contributed by atoms with van der Waals surface area (Å²) in [5.74, 6) is 0.818. The van der Waals surface area contributed by atoms with E-state index in [0.29, 0.717) is 16.0 Å². The highest BCUT2D eigenvalue weighted by atomic mass is 35.5. The maximum atomic E-state index is 12.7. The molecule has 0 aliphatic carbocycles. The third-order valence-electron chi connectivity index (χ3n) is 5.46. The van der Waals surface area contributed by atoms with Gasteiger partial charge in [0.2, 0.25) is 5.91 Å². The van der Waals surface area contributed by atoms with E-state index in [1.54, 1.807) is 0 Å². The fourth-order valence-corrected chi connectivity index (χ4v) is 4.43. The van der Waals surface area contributed by atoms with Crippen LogP contribution in [0.4, 0.5) is 5.69 Å². The summed E-state index contributed by atoms with van der Waals surface area (Å²) in [6.45, 7) is 8.55. The van der Waals surface area contributed by atoms with Gasteiger partial charge in [0.05, 0.1) is 11.4 Å². The van der Waals surface area contributed by atoms with Gasteiger partial charge in [0.15, 0.2) is 11.0 Å². The van der Waals surface area contributed by atoms with Crippen molar-refractivity contribution in [2.45, 2.75) is 38.3 Å². The zero-order chi connectivity index (χ0) is 24.3. The van der Waals surface area contributed by atoms with Crippen LogP contribution in [0.15, 0.2) is 78.0 Å². The minimum atomic E-state index is -0.0964. The molecule has 0 unspecified atom stereocenters. The number of hydrogen-bond donors (Lipinski definition) is 1. The first kappa shape index (κ1) is 24.0. The molecule has 0 radical (unpaired) electrons. The van der Waals surface area contributed by atoms with Crippen LogP contribution >= 0.6 is 23.4 Å². The van der Waals surface area contributed by atoms with Crippen LogP contribution in [-0.4, -0.2) is 26.4 Å². The highest BCUT2D eigenvalue weighted by molar-refractivity contribution is 7.99. The second-order valence-electron chi connectivity index (χ2n) is 9.10. The van der Waals surface area contributed by atoms with Crippen LogP contribution in [0.1, 0.15) is 31.9 Å². The zero-order valence-corrected chi connectivity index (χ0v) is 21.2. The van der Waals surface area contributed by atoms with Crippen LogP contribution in [0, 0.1) is 6.92 Å². The van der Waals surface area contributed by atoms with Gasteiger partial charge in [0.1, 0.15) is 0 Å². The molecule has 174 valence electrons. The summed E-state index contributed by atoms with van der Waals surface area (Å²) in [5, 5.41) is 13.1. The highest BCUT2D eigenvalue weighted by Gasteiger charge is 2.19. The van der Waals surface area contributed by atoms with Gasteiger partial charge in [-0.25, -0.2) is 0 Å². The van der Waals surface area contributed by atoms with Crippen LogP contribution in [0.2, 0.25) is 5.02 Å². The molecule has 3 aromatic carbocycles. The Morgan fingerprint density at radius 1 is 0.971 bits per heavy atom. The van der Waals surface area contributed by atoms with Crippen LogP contribution in [0.5, 0.6) is 0 Å². The molecular formula is C27H27ClN4OS. The van der Waals surface area contributed by atoms with Gasteiger partial charge < -0.3 is 5.32 Å². The van der Waals surface area contributed by atoms with E-state index in [1.807, 2.05) is 72.2 Å². The Morgan fingerprint density at radius 2 is 1.65 bits per heavy atom. The number of benzene rings is 3. The quantitative estimate of drug-likeness (QED) is 0.298. The molecule has 1 amide bonds. The molecule has 0 spiro atoms. The molecule has 1 aromatic heterocycles. The molecule has 4 aromatic rings. The van der Waals surface area contributed by atoms with E-state index in [0.717, 1.165) is 22.5 Å². The Labute approximate surface area is 209 Å². The molecular weight excluding hydrogens is 464 g/mol. The third-order valence-corrected chi connectivity index (χ3v) is 6.64. The van der Waals surface area contributed by atoms with Crippen molar-refractivity contribution in [1.82, 2.24) is 14.8 Å². The number of carbonyl (C=O) groups excluding carboxylic acids is 1. The Hall–Kier alpha value is -3.09. The predicted molar refractivity (Wildman–Crippen MR) is 141 cm³/mol. The first-order valence-electron chi connectivity index (χ1n) is 11.0. The maximum absolute atomic E-state index is 12.7. The van der Waals surface area contributed by atoms with Gasteiger partial charge in [0.25, 0.3) is 0 Å². The predicted octanol–water partition coefficient (Wildman–Crippen LogP) is 6.92. The summed E-state index contributed by atoms with van der Waals surface area (Å²) in [6, 6.07) is 23.5.